The molecular weight excluding hydrogens is 278 g/mol. The number of hydrogen-bond donors (Lipinski definition) is 1. The Labute approximate surface area is 136 Å². The van der Waals surface area contributed by atoms with E-state index in [-0.39, 0.29) is 12.3 Å². The normalized spacial score (nSPS) is 10.5. The fourth-order valence-electron chi connectivity index (χ4n) is 2.46. The van der Waals surface area contributed by atoms with Crippen molar-refractivity contribution in [2.75, 3.05) is 13.7 Å². The third kappa shape index (κ3) is 15.3. The first kappa shape index (κ1) is 20.9. The maximum atomic E-state index is 11.3. The van der Waals surface area contributed by atoms with Crippen LogP contribution in [0.5, 0.6) is 0 Å². The van der Waals surface area contributed by atoms with E-state index in [2.05, 4.69) is 17.0 Å². The molecular formula is C18H35NO3. The Morgan fingerprint density at radius 3 is 1.68 bits per heavy atom. The van der Waals surface area contributed by atoms with Gasteiger partial charge < -0.3 is 10.1 Å². The lowest BCUT2D eigenvalue weighted by atomic mass is 10.1. The van der Waals surface area contributed by atoms with E-state index in [1.807, 2.05) is 0 Å². The van der Waals surface area contributed by atoms with E-state index in [0.29, 0.717) is 6.54 Å². The number of esters is 1. The van der Waals surface area contributed by atoms with Crippen LogP contribution in [0.2, 0.25) is 0 Å². The number of amides is 1. The summed E-state index contributed by atoms with van der Waals surface area (Å²) in [7, 11) is 1.29. The van der Waals surface area contributed by atoms with Crippen LogP contribution in [0.3, 0.4) is 0 Å². The summed E-state index contributed by atoms with van der Waals surface area (Å²) < 4.78 is 4.44. The zero-order valence-corrected chi connectivity index (χ0v) is 14.6. The second kappa shape index (κ2) is 16.3. The van der Waals surface area contributed by atoms with Gasteiger partial charge in [0.1, 0.15) is 6.42 Å². The van der Waals surface area contributed by atoms with Crippen molar-refractivity contribution in [1.29, 1.82) is 0 Å². The van der Waals surface area contributed by atoms with Crippen LogP contribution in [0.4, 0.5) is 0 Å². The largest absolute Gasteiger partial charge is 0.469 e. The van der Waals surface area contributed by atoms with Crippen LogP contribution < -0.4 is 5.32 Å². The van der Waals surface area contributed by atoms with Crippen LogP contribution in [-0.2, 0) is 14.3 Å². The Morgan fingerprint density at radius 2 is 1.23 bits per heavy atom. The lowest BCUT2D eigenvalue weighted by molar-refractivity contribution is -0.143. The Kier molecular flexibility index (Phi) is 15.5. The predicted octanol–water partition coefficient (Wildman–Crippen LogP) is 4.37. The molecule has 0 fully saturated rings. The predicted molar refractivity (Wildman–Crippen MR) is 90.7 cm³/mol. The van der Waals surface area contributed by atoms with Crippen molar-refractivity contribution >= 4 is 11.9 Å². The van der Waals surface area contributed by atoms with Crippen molar-refractivity contribution in [1.82, 2.24) is 5.32 Å². The van der Waals surface area contributed by atoms with E-state index in [1.54, 1.807) is 0 Å². The minimum Gasteiger partial charge on any atom is -0.469 e. The molecule has 4 nitrogen and oxygen atoms in total. The molecule has 0 saturated heterocycles. The lowest BCUT2D eigenvalue weighted by Gasteiger charge is -2.05. The highest BCUT2D eigenvalue weighted by molar-refractivity contribution is 5.94. The first-order valence-electron chi connectivity index (χ1n) is 9.04. The van der Waals surface area contributed by atoms with Gasteiger partial charge in [-0.1, -0.05) is 77.6 Å². The highest BCUT2D eigenvalue weighted by Gasteiger charge is 2.07. The van der Waals surface area contributed by atoms with E-state index in [0.717, 1.165) is 12.8 Å². The van der Waals surface area contributed by atoms with Crippen LogP contribution in [0.15, 0.2) is 0 Å². The van der Waals surface area contributed by atoms with E-state index >= 15 is 0 Å². The molecule has 0 radical (unpaired) electrons. The molecule has 1 amide bonds. The van der Waals surface area contributed by atoms with Crippen molar-refractivity contribution in [3.63, 3.8) is 0 Å². The molecule has 0 atom stereocenters. The Hall–Kier alpha value is -1.06. The molecule has 0 unspecified atom stereocenters. The summed E-state index contributed by atoms with van der Waals surface area (Å²) in [4.78, 5) is 22.2. The molecule has 1 N–H and O–H groups in total. The number of ether oxygens (including phenoxy) is 1. The SMILES string of the molecule is CCCCCCCCCCCCCCNC(=O)CC(=O)OC. The molecule has 0 heterocycles. The maximum Gasteiger partial charge on any atom is 0.315 e. The van der Waals surface area contributed by atoms with Gasteiger partial charge in [-0.25, -0.2) is 0 Å². The summed E-state index contributed by atoms with van der Waals surface area (Å²) in [6, 6.07) is 0. The average molecular weight is 313 g/mol. The molecule has 0 rings (SSSR count). The molecule has 0 bridgehead atoms. The first-order valence-corrected chi connectivity index (χ1v) is 9.04. The number of carbonyl (C=O) groups is 2. The van der Waals surface area contributed by atoms with Gasteiger partial charge in [0.25, 0.3) is 0 Å². The van der Waals surface area contributed by atoms with Crippen molar-refractivity contribution in [2.45, 2.75) is 90.4 Å². The molecule has 0 aromatic carbocycles. The Bertz CT molecular complexity index is 280. The molecule has 0 saturated carbocycles. The molecule has 0 aliphatic heterocycles. The van der Waals surface area contributed by atoms with Crippen molar-refractivity contribution in [3.8, 4) is 0 Å². The highest BCUT2D eigenvalue weighted by atomic mass is 16.5. The number of rotatable bonds is 15. The van der Waals surface area contributed by atoms with Crippen molar-refractivity contribution < 1.29 is 14.3 Å². The fraction of sp³-hybridized carbons (Fsp3) is 0.889. The van der Waals surface area contributed by atoms with Gasteiger partial charge in [-0.2, -0.15) is 0 Å². The van der Waals surface area contributed by atoms with E-state index in [1.165, 1.54) is 71.3 Å². The summed E-state index contributed by atoms with van der Waals surface area (Å²) in [5.41, 5.74) is 0. The number of nitrogens with one attached hydrogen (secondary N) is 1. The third-order valence-electron chi connectivity index (χ3n) is 3.89. The summed E-state index contributed by atoms with van der Waals surface area (Å²) >= 11 is 0. The van der Waals surface area contributed by atoms with Gasteiger partial charge in [0.2, 0.25) is 5.91 Å². The molecule has 0 spiro atoms. The van der Waals surface area contributed by atoms with Gasteiger partial charge in [0.15, 0.2) is 0 Å². The van der Waals surface area contributed by atoms with Crippen molar-refractivity contribution in [3.05, 3.63) is 0 Å². The molecule has 0 aromatic heterocycles. The van der Waals surface area contributed by atoms with Gasteiger partial charge in [-0.3, -0.25) is 9.59 Å². The molecule has 4 heteroatoms. The van der Waals surface area contributed by atoms with Crippen LogP contribution in [0, 0.1) is 0 Å². The molecule has 22 heavy (non-hydrogen) atoms. The molecule has 0 aliphatic carbocycles. The van der Waals surface area contributed by atoms with Crippen LogP contribution >= 0.6 is 0 Å². The van der Waals surface area contributed by atoms with Gasteiger partial charge in [0, 0.05) is 6.54 Å². The number of hydrogen-bond acceptors (Lipinski definition) is 3. The van der Waals surface area contributed by atoms with Crippen LogP contribution in [0.25, 0.3) is 0 Å². The van der Waals surface area contributed by atoms with Gasteiger partial charge in [0.05, 0.1) is 7.11 Å². The molecule has 0 aliphatic rings. The minimum absolute atomic E-state index is 0.172. The second-order valence-corrected chi connectivity index (χ2v) is 5.99. The van der Waals surface area contributed by atoms with E-state index < -0.39 is 5.97 Å². The van der Waals surface area contributed by atoms with Gasteiger partial charge in [-0.05, 0) is 6.42 Å². The maximum absolute atomic E-state index is 11.3. The summed E-state index contributed by atoms with van der Waals surface area (Å²) in [5, 5.41) is 2.74. The Morgan fingerprint density at radius 1 is 0.773 bits per heavy atom. The first-order chi connectivity index (χ1) is 10.7. The fourth-order valence-corrected chi connectivity index (χ4v) is 2.46. The smallest absolute Gasteiger partial charge is 0.315 e. The standard InChI is InChI=1S/C18H35NO3/c1-3-4-5-6-7-8-9-10-11-12-13-14-15-19-17(20)16-18(21)22-2/h3-16H2,1-2H3,(H,19,20). The minimum atomic E-state index is -0.479. The molecule has 130 valence electrons. The van der Waals surface area contributed by atoms with E-state index in [9.17, 15) is 9.59 Å². The summed E-state index contributed by atoms with van der Waals surface area (Å²) in [6.45, 7) is 2.91. The lowest BCUT2D eigenvalue weighted by Crippen LogP contribution is -2.27. The summed E-state index contributed by atoms with van der Waals surface area (Å²) in [5.74, 6) is -0.720. The third-order valence-corrected chi connectivity index (χ3v) is 3.89. The zero-order valence-electron chi connectivity index (χ0n) is 14.6. The zero-order chi connectivity index (χ0) is 16.5. The van der Waals surface area contributed by atoms with Crippen LogP contribution in [-0.4, -0.2) is 25.5 Å². The quantitative estimate of drug-likeness (QED) is 0.277. The summed E-state index contributed by atoms with van der Waals surface area (Å²) in [6.07, 6.45) is 15.5. The second-order valence-electron chi connectivity index (χ2n) is 5.99. The highest BCUT2D eigenvalue weighted by Crippen LogP contribution is 2.11. The topological polar surface area (TPSA) is 55.4 Å². The average Bonchev–Trinajstić information content (AvgIpc) is 2.51. The van der Waals surface area contributed by atoms with Crippen LogP contribution in [0.1, 0.15) is 90.4 Å². The van der Waals surface area contributed by atoms with Gasteiger partial charge >= 0.3 is 5.97 Å². The monoisotopic (exact) mass is 313 g/mol. The van der Waals surface area contributed by atoms with Gasteiger partial charge in [-0.15, -0.1) is 0 Å². The van der Waals surface area contributed by atoms with Crippen molar-refractivity contribution in [2.24, 2.45) is 0 Å². The number of methoxy groups -OCH3 is 1. The number of carbonyl (C=O) groups excluding carboxylic acids is 2. The molecule has 0 aromatic rings. The number of unbranched alkanes of at least 4 members (excludes halogenated alkanes) is 11. The Balaban J connectivity index is 3.14. The van der Waals surface area contributed by atoms with E-state index in [4.69, 9.17) is 0 Å².